The molecule has 0 aliphatic carbocycles. The smallest absolute Gasteiger partial charge is 0.245 e. The van der Waals surface area contributed by atoms with Gasteiger partial charge in [0.05, 0.1) is 12.1 Å². The van der Waals surface area contributed by atoms with E-state index in [-0.39, 0.29) is 18.2 Å². The van der Waals surface area contributed by atoms with E-state index in [1.807, 2.05) is 56.3 Å². The average Bonchev–Trinajstić information content (AvgIpc) is 2.98. The van der Waals surface area contributed by atoms with Crippen molar-refractivity contribution in [2.75, 3.05) is 11.4 Å². The van der Waals surface area contributed by atoms with Gasteiger partial charge in [0, 0.05) is 23.1 Å². The van der Waals surface area contributed by atoms with E-state index in [4.69, 9.17) is 0 Å². The van der Waals surface area contributed by atoms with Gasteiger partial charge >= 0.3 is 0 Å². The van der Waals surface area contributed by atoms with E-state index in [0.29, 0.717) is 6.54 Å². The summed E-state index contributed by atoms with van der Waals surface area (Å²) in [4.78, 5) is 26.4. The molecule has 0 unspecified atom stereocenters. The minimum absolute atomic E-state index is 0.0333. The number of carbonyl (C=O) groups is 2. The molecule has 1 heterocycles. The number of nitrogens with one attached hydrogen (secondary N) is 1. The normalized spacial score (nSPS) is 17.1. The van der Waals surface area contributed by atoms with Crippen molar-refractivity contribution in [2.24, 2.45) is 11.0 Å². The monoisotopic (exact) mass is 413 g/mol. The van der Waals surface area contributed by atoms with E-state index >= 15 is 0 Å². The molecular formula is C20H20BrN3O2. The Morgan fingerprint density at radius 2 is 1.96 bits per heavy atom. The van der Waals surface area contributed by atoms with Crippen LogP contribution in [-0.4, -0.2) is 24.6 Å². The van der Waals surface area contributed by atoms with Crippen LogP contribution >= 0.6 is 15.9 Å². The lowest BCUT2D eigenvalue weighted by Crippen LogP contribution is -2.30. The molecule has 2 aromatic carbocycles. The number of benzene rings is 2. The SMILES string of the molecule is Cc1ccc(N2C[C@@H](C(=O)N/N=C\c3ccc(Br)cc3)CC2=O)c(C)c1. The number of hydrazone groups is 1. The minimum atomic E-state index is -0.398. The molecule has 6 heteroatoms. The molecule has 26 heavy (non-hydrogen) atoms. The zero-order chi connectivity index (χ0) is 18.7. The molecule has 1 aliphatic heterocycles. The zero-order valence-corrected chi connectivity index (χ0v) is 16.3. The number of amides is 2. The molecule has 1 atom stereocenters. The van der Waals surface area contributed by atoms with Crippen molar-refractivity contribution in [3.8, 4) is 0 Å². The van der Waals surface area contributed by atoms with Crippen LogP contribution in [0.3, 0.4) is 0 Å². The third kappa shape index (κ3) is 4.19. The molecule has 0 radical (unpaired) electrons. The Morgan fingerprint density at radius 1 is 1.23 bits per heavy atom. The highest BCUT2D eigenvalue weighted by Gasteiger charge is 2.35. The van der Waals surface area contributed by atoms with E-state index in [1.165, 1.54) is 0 Å². The maximum Gasteiger partial charge on any atom is 0.245 e. The van der Waals surface area contributed by atoms with Crippen molar-refractivity contribution in [3.05, 3.63) is 63.6 Å². The quantitative estimate of drug-likeness (QED) is 0.614. The Morgan fingerprint density at radius 3 is 2.65 bits per heavy atom. The summed E-state index contributed by atoms with van der Waals surface area (Å²) in [6, 6.07) is 13.5. The second-order valence-electron chi connectivity index (χ2n) is 6.48. The summed E-state index contributed by atoms with van der Waals surface area (Å²) in [6.45, 7) is 4.37. The lowest BCUT2D eigenvalue weighted by Gasteiger charge is -2.19. The third-order valence-electron chi connectivity index (χ3n) is 4.40. The van der Waals surface area contributed by atoms with Gasteiger partial charge in [0.15, 0.2) is 0 Å². The van der Waals surface area contributed by atoms with Gasteiger partial charge in [-0.25, -0.2) is 5.43 Å². The number of hydrogen-bond acceptors (Lipinski definition) is 3. The first kappa shape index (κ1) is 18.3. The lowest BCUT2D eigenvalue weighted by atomic mass is 10.1. The summed E-state index contributed by atoms with van der Waals surface area (Å²) < 4.78 is 0.981. The Bertz CT molecular complexity index is 862. The molecule has 0 aromatic heterocycles. The maximum atomic E-state index is 12.4. The van der Waals surface area contributed by atoms with Gasteiger partial charge < -0.3 is 4.90 Å². The van der Waals surface area contributed by atoms with E-state index in [1.54, 1.807) is 11.1 Å². The first-order valence-electron chi connectivity index (χ1n) is 8.40. The van der Waals surface area contributed by atoms with Gasteiger partial charge in [-0.15, -0.1) is 0 Å². The van der Waals surface area contributed by atoms with Crippen LogP contribution in [0.15, 0.2) is 52.0 Å². The maximum absolute atomic E-state index is 12.4. The predicted molar refractivity (Wildman–Crippen MR) is 106 cm³/mol. The lowest BCUT2D eigenvalue weighted by molar-refractivity contribution is -0.126. The van der Waals surface area contributed by atoms with Crippen LogP contribution in [-0.2, 0) is 9.59 Å². The minimum Gasteiger partial charge on any atom is -0.311 e. The molecule has 0 saturated carbocycles. The fraction of sp³-hybridized carbons (Fsp3) is 0.250. The summed E-state index contributed by atoms with van der Waals surface area (Å²) in [5.74, 6) is -0.668. The Balaban J connectivity index is 1.62. The van der Waals surface area contributed by atoms with Crippen molar-refractivity contribution in [1.82, 2.24) is 5.43 Å². The molecule has 1 N–H and O–H groups in total. The molecule has 0 bridgehead atoms. The van der Waals surface area contributed by atoms with Gasteiger partial charge in [0.2, 0.25) is 11.8 Å². The zero-order valence-electron chi connectivity index (χ0n) is 14.7. The molecule has 1 fully saturated rings. The second-order valence-corrected chi connectivity index (χ2v) is 7.40. The van der Waals surface area contributed by atoms with Crippen LogP contribution < -0.4 is 10.3 Å². The summed E-state index contributed by atoms with van der Waals surface area (Å²) in [5.41, 5.74) is 6.48. The van der Waals surface area contributed by atoms with E-state index in [2.05, 4.69) is 26.5 Å². The van der Waals surface area contributed by atoms with Crippen LogP contribution in [0.25, 0.3) is 0 Å². The van der Waals surface area contributed by atoms with Crippen LogP contribution in [0.2, 0.25) is 0 Å². The number of anilines is 1. The molecule has 134 valence electrons. The number of aryl methyl sites for hydroxylation is 2. The molecule has 2 aromatic rings. The number of halogens is 1. The second kappa shape index (κ2) is 7.83. The van der Waals surface area contributed by atoms with Crippen LogP contribution in [0.4, 0.5) is 5.69 Å². The standard InChI is InChI=1S/C20H20BrN3O2/c1-13-3-8-18(14(2)9-13)24-12-16(10-19(24)25)20(26)23-22-11-15-4-6-17(21)7-5-15/h3-9,11,16H,10,12H2,1-2H3,(H,23,26)/b22-11-/t16-/m0/s1. The Hall–Kier alpha value is -2.47. The Kier molecular flexibility index (Phi) is 5.52. The summed E-state index contributed by atoms with van der Waals surface area (Å²) >= 11 is 3.37. The van der Waals surface area contributed by atoms with E-state index in [0.717, 1.165) is 26.9 Å². The van der Waals surface area contributed by atoms with Gasteiger partial charge in [-0.2, -0.15) is 5.10 Å². The number of carbonyl (C=O) groups excluding carboxylic acids is 2. The largest absolute Gasteiger partial charge is 0.311 e. The van der Waals surface area contributed by atoms with Gasteiger partial charge in [0.1, 0.15) is 0 Å². The summed E-state index contributed by atoms with van der Waals surface area (Å²) in [5, 5.41) is 4.00. The molecule has 3 rings (SSSR count). The van der Waals surface area contributed by atoms with Crippen molar-refractivity contribution in [3.63, 3.8) is 0 Å². The molecule has 1 aliphatic rings. The van der Waals surface area contributed by atoms with Crippen molar-refractivity contribution < 1.29 is 9.59 Å². The number of hydrogen-bond donors (Lipinski definition) is 1. The van der Waals surface area contributed by atoms with E-state index in [9.17, 15) is 9.59 Å². The van der Waals surface area contributed by atoms with Gasteiger partial charge in [0.25, 0.3) is 0 Å². The summed E-state index contributed by atoms with van der Waals surface area (Å²) in [6.07, 6.45) is 1.79. The van der Waals surface area contributed by atoms with Gasteiger partial charge in [-0.3, -0.25) is 9.59 Å². The fourth-order valence-electron chi connectivity index (χ4n) is 3.03. The predicted octanol–water partition coefficient (Wildman–Crippen LogP) is 3.57. The van der Waals surface area contributed by atoms with Gasteiger partial charge in [-0.1, -0.05) is 45.8 Å². The first-order chi connectivity index (χ1) is 12.4. The average molecular weight is 414 g/mol. The Labute approximate surface area is 161 Å². The first-order valence-corrected chi connectivity index (χ1v) is 9.19. The van der Waals surface area contributed by atoms with Crippen molar-refractivity contribution in [1.29, 1.82) is 0 Å². The molecule has 0 spiro atoms. The van der Waals surface area contributed by atoms with Gasteiger partial charge in [-0.05, 0) is 43.2 Å². The fourth-order valence-corrected chi connectivity index (χ4v) is 3.30. The van der Waals surface area contributed by atoms with Crippen LogP contribution in [0.5, 0.6) is 0 Å². The summed E-state index contributed by atoms with van der Waals surface area (Å²) in [7, 11) is 0. The highest BCUT2D eigenvalue weighted by Crippen LogP contribution is 2.28. The van der Waals surface area contributed by atoms with Crippen LogP contribution in [0.1, 0.15) is 23.1 Å². The van der Waals surface area contributed by atoms with Crippen molar-refractivity contribution >= 4 is 39.6 Å². The molecule has 1 saturated heterocycles. The number of nitrogens with zero attached hydrogens (tertiary/aromatic N) is 2. The highest BCUT2D eigenvalue weighted by molar-refractivity contribution is 9.10. The molecule has 5 nitrogen and oxygen atoms in total. The molecular weight excluding hydrogens is 394 g/mol. The van der Waals surface area contributed by atoms with Crippen molar-refractivity contribution in [2.45, 2.75) is 20.3 Å². The number of rotatable bonds is 4. The molecule has 2 amide bonds. The topological polar surface area (TPSA) is 61.8 Å². The third-order valence-corrected chi connectivity index (χ3v) is 4.93. The van der Waals surface area contributed by atoms with E-state index < -0.39 is 5.92 Å². The highest BCUT2D eigenvalue weighted by atomic mass is 79.9. The van der Waals surface area contributed by atoms with Crippen LogP contribution in [0, 0.1) is 19.8 Å².